The summed E-state index contributed by atoms with van der Waals surface area (Å²) in [6.45, 7) is 6.06. The summed E-state index contributed by atoms with van der Waals surface area (Å²) in [5, 5.41) is 4.11. The van der Waals surface area contributed by atoms with Gasteiger partial charge in [0.2, 0.25) is 0 Å². The van der Waals surface area contributed by atoms with Crippen molar-refractivity contribution in [2.24, 2.45) is 7.05 Å². The molecule has 0 radical (unpaired) electrons. The van der Waals surface area contributed by atoms with Gasteiger partial charge in [0, 0.05) is 29.4 Å². The predicted octanol–water partition coefficient (Wildman–Crippen LogP) is 4.75. The molecule has 0 atom stereocenters. The summed E-state index contributed by atoms with van der Waals surface area (Å²) in [5.41, 5.74) is 6.57. The molecule has 2 aromatic heterocycles. The Labute approximate surface area is 158 Å². The van der Waals surface area contributed by atoms with Crippen molar-refractivity contribution in [1.29, 1.82) is 0 Å². The van der Waals surface area contributed by atoms with E-state index in [9.17, 15) is 4.79 Å². The Kier molecular flexibility index (Phi) is 4.07. The van der Waals surface area contributed by atoms with Crippen LogP contribution in [-0.2, 0) is 7.05 Å². The molecule has 0 saturated heterocycles. The summed E-state index contributed by atoms with van der Waals surface area (Å²) in [7, 11) is 1.99. The Balaban J connectivity index is 1.67. The van der Waals surface area contributed by atoms with Gasteiger partial charge in [-0.2, -0.15) is 0 Å². The van der Waals surface area contributed by atoms with Gasteiger partial charge in [-0.05, 0) is 44.5 Å². The fraction of sp³-hybridized carbons (Fsp3) is 0.182. The minimum Gasteiger partial charge on any atom is -0.358 e. The number of H-pyrrole nitrogens is 1. The van der Waals surface area contributed by atoms with E-state index in [0.717, 1.165) is 39.4 Å². The molecule has 0 aliphatic heterocycles. The number of rotatable bonds is 3. The average Bonchev–Trinajstić information content (AvgIpc) is 3.14. The van der Waals surface area contributed by atoms with Crippen molar-refractivity contribution in [3.8, 4) is 11.3 Å². The second-order valence-corrected chi connectivity index (χ2v) is 6.89. The zero-order valence-electron chi connectivity index (χ0n) is 15.9. The number of aryl methyl sites for hydroxylation is 3. The lowest BCUT2D eigenvalue weighted by Gasteiger charge is -2.09. The molecule has 136 valence electrons. The van der Waals surface area contributed by atoms with Crippen molar-refractivity contribution in [3.63, 3.8) is 0 Å². The number of para-hydroxylation sites is 1. The quantitative estimate of drug-likeness (QED) is 0.555. The minimum absolute atomic E-state index is 0.125. The highest BCUT2D eigenvalue weighted by atomic mass is 16.1. The van der Waals surface area contributed by atoms with Crippen LogP contribution >= 0.6 is 0 Å². The Morgan fingerprint density at radius 1 is 1.11 bits per heavy atom. The van der Waals surface area contributed by atoms with Crippen LogP contribution < -0.4 is 5.32 Å². The SMILES string of the molecule is Cc1[nH]c2c(C(=O)Nc3cccc(-c4cnc(C)n4C)c3)cccc2c1C. The minimum atomic E-state index is -0.125. The van der Waals surface area contributed by atoms with Gasteiger partial charge >= 0.3 is 0 Å². The number of carbonyl (C=O) groups is 1. The zero-order chi connectivity index (χ0) is 19.1. The largest absolute Gasteiger partial charge is 0.358 e. The molecule has 0 aliphatic rings. The van der Waals surface area contributed by atoms with E-state index in [1.54, 1.807) is 0 Å². The van der Waals surface area contributed by atoms with E-state index in [4.69, 9.17) is 0 Å². The Morgan fingerprint density at radius 3 is 2.63 bits per heavy atom. The molecule has 27 heavy (non-hydrogen) atoms. The number of amides is 1. The fourth-order valence-electron chi connectivity index (χ4n) is 3.40. The van der Waals surface area contributed by atoms with Crippen LogP contribution in [0.5, 0.6) is 0 Å². The molecule has 2 aromatic carbocycles. The van der Waals surface area contributed by atoms with Crippen LogP contribution in [0.25, 0.3) is 22.2 Å². The first kappa shape index (κ1) is 17.1. The molecular formula is C22H22N4O. The van der Waals surface area contributed by atoms with Crippen LogP contribution in [-0.4, -0.2) is 20.4 Å². The number of hydrogen-bond acceptors (Lipinski definition) is 2. The number of nitrogens with one attached hydrogen (secondary N) is 2. The molecule has 4 aromatic rings. The van der Waals surface area contributed by atoms with Crippen LogP contribution in [0.3, 0.4) is 0 Å². The molecule has 0 fully saturated rings. The highest BCUT2D eigenvalue weighted by molar-refractivity contribution is 6.12. The molecule has 0 saturated carbocycles. The summed E-state index contributed by atoms with van der Waals surface area (Å²) >= 11 is 0. The average molecular weight is 358 g/mol. The van der Waals surface area contributed by atoms with E-state index in [2.05, 4.69) is 22.2 Å². The lowest BCUT2D eigenvalue weighted by atomic mass is 10.1. The second kappa shape index (κ2) is 6.43. The number of anilines is 1. The molecule has 0 aliphatic carbocycles. The van der Waals surface area contributed by atoms with Crippen LogP contribution in [0.15, 0.2) is 48.7 Å². The number of carbonyl (C=O) groups excluding carboxylic acids is 1. The van der Waals surface area contributed by atoms with Crippen LogP contribution in [0.4, 0.5) is 5.69 Å². The summed E-state index contributed by atoms with van der Waals surface area (Å²) < 4.78 is 2.03. The maximum atomic E-state index is 12.9. The van der Waals surface area contributed by atoms with Gasteiger partial charge in [-0.1, -0.05) is 24.3 Å². The lowest BCUT2D eigenvalue weighted by Crippen LogP contribution is -2.12. The van der Waals surface area contributed by atoms with Gasteiger partial charge in [-0.25, -0.2) is 4.98 Å². The number of imidazole rings is 1. The number of nitrogens with zero attached hydrogens (tertiary/aromatic N) is 2. The van der Waals surface area contributed by atoms with E-state index < -0.39 is 0 Å². The van der Waals surface area contributed by atoms with Crippen LogP contribution in [0.1, 0.15) is 27.4 Å². The number of aromatic nitrogens is 3. The summed E-state index contributed by atoms with van der Waals surface area (Å²) in [5.74, 6) is 0.823. The molecule has 0 unspecified atom stereocenters. The second-order valence-electron chi connectivity index (χ2n) is 6.89. The molecule has 5 heteroatoms. The van der Waals surface area contributed by atoms with Crippen molar-refractivity contribution in [2.45, 2.75) is 20.8 Å². The van der Waals surface area contributed by atoms with Crippen molar-refractivity contribution in [3.05, 3.63) is 71.3 Å². The molecule has 1 amide bonds. The van der Waals surface area contributed by atoms with E-state index in [1.807, 2.05) is 74.1 Å². The Morgan fingerprint density at radius 2 is 1.89 bits per heavy atom. The molecular weight excluding hydrogens is 336 g/mol. The first-order valence-corrected chi connectivity index (χ1v) is 8.93. The Hall–Kier alpha value is -3.34. The van der Waals surface area contributed by atoms with Gasteiger partial charge in [0.05, 0.1) is 23.0 Å². The lowest BCUT2D eigenvalue weighted by molar-refractivity contribution is 0.102. The van der Waals surface area contributed by atoms with E-state index >= 15 is 0 Å². The first-order chi connectivity index (χ1) is 13.0. The maximum absolute atomic E-state index is 12.9. The number of benzene rings is 2. The van der Waals surface area contributed by atoms with Gasteiger partial charge in [-0.15, -0.1) is 0 Å². The van der Waals surface area contributed by atoms with Gasteiger partial charge in [0.15, 0.2) is 0 Å². The van der Waals surface area contributed by atoms with Gasteiger partial charge < -0.3 is 14.9 Å². The summed E-state index contributed by atoms with van der Waals surface area (Å²) in [6, 6.07) is 13.6. The fourth-order valence-corrected chi connectivity index (χ4v) is 3.40. The van der Waals surface area contributed by atoms with Gasteiger partial charge in [0.1, 0.15) is 5.82 Å². The molecule has 4 rings (SSSR count). The zero-order valence-corrected chi connectivity index (χ0v) is 15.9. The third kappa shape index (κ3) is 2.91. The van der Waals surface area contributed by atoms with Crippen LogP contribution in [0.2, 0.25) is 0 Å². The molecule has 2 heterocycles. The van der Waals surface area contributed by atoms with Crippen molar-refractivity contribution in [1.82, 2.24) is 14.5 Å². The topological polar surface area (TPSA) is 62.7 Å². The predicted molar refractivity (Wildman–Crippen MR) is 109 cm³/mol. The van der Waals surface area contributed by atoms with Crippen molar-refractivity contribution in [2.75, 3.05) is 5.32 Å². The van der Waals surface area contributed by atoms with E-state index in [0.29, 0.717) is 5.56 Å². The maximum Gasteiger partial charge on any atom is 0.257 e. The normalized spacial score (nSPS) is 11.1. The van der Waals surface area contributed by atoms with Gasteiger partial charge in [-0.3, -0.25) is 4.79 Å². The smallest absolute Gasteiger partial charge is 0.257 e. The standard InChI is InChI=1S/C22H22N4O/c1-13-14(2)24-21-18(13)9-6-10-19(21)22(27)25-17-8-5-7-16(11-17)20-12-23-15(3)26(20)4/h5-12,24H,1-4H3,(H,25,27). The Bertz CT molecular complexity index is 1170. The van der Waals surface area contributed by atoms with Crippen molar-refractivity contribution >= 4 is 22.5 Å². The van der Waals surface area contributed by atoms with Crippen molar-refractivity contribution < 1.29 is 4.79 Å². The molecule has 0 bridgehead atoms. The third-order valence-corrected chi connectivity index (χ3v) is 5.22. The molecule has 5 nitrogen and oxygen atoms in total. The van der Waals surface area contributed by atoms with Crippen LogP contribution in [0, 0.1) is 20.8 Å². The molecule has 2 N–H and O–H groups in total. The third-order valence-electron chi connectivity index (χ3n) is 5.22. The number of hydrogen-bond donors (Lipinski definition) is 2. The highest BCUT2D eigenvalue weighted by Gasteiger charge is 2.14. The summed E-state index contributed by atoms with van der Waals surface area (Å²) in [6.07, 6.45) is 1.85. The molecule has 0 spiro atoms. The van der Waals surface area contributed by atoms with E-state index in [-0.39, 0.29) is 5.91 Å². The van der Waals surface area contributed by atoms with E-state index in [1.165, 1.54) is 5.56 Å². The first-order valence-electron chi connectivity index (χ1n) is 8.93. The number of fused-ring (bicyclic) bond motifs is 1. The highest BCUT2D eigenvalue weighted by Crippen LogP contribution is 2.26. The number of aromatic amines is 1. The summed E-state index contributed by atoms with van der Waals surface area (Å²) in [4.78, 5) is 20.6. The monoisotopic (exact) mass is 358 g/mol. The van der Waals surface area contributed by atoms with Gasteiger partial charge in [0.25, 0.3) is 5.91 Å².